The van der Waals surface area contributed by atoms with E-state index in [9.17, 15) is 4.79 Å². The van der Waals surface area contributed by atoms with Crippen LogP contribution in [0.4, 0.5) is 0 Å². The highest BCUT2D eigenvalue weighted by Gasteiger charge is 2.33. The van der Waals surface area contributed by atoms with Crippen molar-refractivity contribution in [2.24, 2.45) is 16.8 Å². The van der Waals surface area contributed by atoms with Crippen LogP contribution in [-0.4, -0.2) is 73.0 Å². The van der Waals surface area contributed by atoms with Crippen LogP contribution in [0.1, 0.15) is 72.1 Å². The van der Waals surface area contributed by atoms with Crippen molar-refractivity contribution in [3.8, 4) is 0 Å². The highest BCUT2D eigenvalue weighted by atomic mass is 16.2. The average Bonchev–Trinajstić information content (AvgIpc) is 3.19. The summed E-state index contributed by atoms with van der Waals surface area (Å²) in [6.45, 7) is 11.9. The summed E-state index contributed by atoms with van der Waals surface area (Å²) in [5.41, 5.74) is 0.102. The molecule has 3 fully saturated rings. The van der Waals surface area contributed by atoms with Crippen molar-refractivity contribution < 1.29 is 4.79 Å². The van der Waals surface area contributed by atoms with E-state index in [0.29, 0.717) is 11.9 Å². The van der Waals surface area contributed by atoms with Gasteiger partial charge in [0.1, 0.15) is 0 Å². The molecule has 3 aliphatic rings. The number of amides is 1. The van der Waals surface area contributed by atoms with Gasteiger partial charge in [-0.2, -0.15) is 0 Å². The van der Waals surface area contributed by atoms with Crippen molar-refractivity contribution in [1.82, 2.24) is 20.4 Å². The number of rotatable bonds is 5. The highest BCUT2D eigenvalue weighted by Crippen LogP contribution is 2.27. The van der Waals surface area contributed by atoms with Crippen molar-refractivity contribution in [2.45, 2.75) is 83.7 Å². The second kappa shape index (κ2) is 10.1. The molecule has 2 saturated heterocycles. The lowest BCUT2D eigenvalue weighted by Gasteiger charge is -2.43. The largest absolute Gasteiger partial charge is 0.355 e. The molecule has 6 heteroatoms. The van der Waals surface area contributed by atoms with Crippen LogP contribution in [0.3, 0.4) is 0 Å². The van der Waals surface area contributed by atoms with Gasteiger partial charge in [0.25, 0.3) is 0 Å². The van der Waals surface area contributed by atoms with Gasteiger partial charge in [0.2, 0.25) is 5.91 Å². The van der Waals surface area contributed by atoms with Crippen molar-refractivity contribution in [3.05, 3.63) is 0 Å². The fraction of sp³-hybridized carbons (Fsp3) is 0.913. The maximum absolute atomic E-state index is 12.8. The molecule has 2 N–H and O–H groups in total. The third kappa shape index (κ3) is 6.09. The van der Waals surface area contributed by atoms with Crippen LogP contribution >= 0.6 is 0 Å². The Morgan fingerprint density at radius 1 is 1.03 bits per heavy atom. The van der Waals surface area contributed by atoms with Crippen LogP contribution in [0, 0.1) is 11.8 Å². The topological polar surface area (TPSA) is 60.0 Å². The van der Waals surface area contributed by atoms with E-state index in [1.807, 2.05) is 7.05 Å². The van der Waals surface area contributed by atoms with E-state index < -0.39 is 0 Å². The van der Waals surface area contributed by atoms with Gasteiger partial charge in [0, 0.05) is 50.7 Å². The van der Waals surface area contributed by atoms with E-state index in [2.05, 4.69) is 46.2 Å². The summed E-state index contributed by atoms with van der Waals surface area (Å²) < 4.78 is 0. The summed E-state index contributed by atoms with van der Waals surface area (Å²) in [7, 11) is 1.84. The lowest BCUT2D eigenvalue weighted by Crippen LogP contribution is -2.56. The van der Waals surface area contributed by atoms with Crippen LogP contribution < -0.4 is 10.6 Å². The van der Waals surface area contributed by atoms with Gasteiger partial charge in [-0.1, -0.05) is 26.2 Å². The molecule has 0 radical (unpaired) electrons. The molecule has 0 aromatic heterocycles. The van der Waals surface area contributed by atoms with Crippen LogP contribution in [0.25, 0.3) is 0 Å². The molecule has 2 aliphatic heterocycles. The lowest BCUT2D eigenvalue weighted by atomic mass is 9.88. The standard InChI is InChI=1S/C23H43N5O/c1-18-9-8-13-28(15-18)23(2,3)17-25-22(24-4)26-20-12-14-27(16-20)21(29)19-10-6-5-7-11-19/h18-20H,5-17H2,1-4H3,(H2,24,25,26). The molecule has 0 spiro atoms. The first kappa shape index (κ1) is 22.4. The summed E-state index contributed by atoms with van der Waals surface area (Å²) in [5.74, 6) is 2.30. The van der Waals surface area contributed by atoms with E-state index in [-0.39, 0.29) is 11.5 Å². The number of hydrogen-bond acceptors (Lipinski definition) is 3. The van der Waals surface area contributed by atoms with Gasteiger partial charge >= 0.3 is 0 Å². The maximum atomic E-state index is 12.8. The first-order valence-electron chi connectivity index (χ1n) is 11.9. The number of piperidine rings is 1. The molecule has 1 amide bonds. The molecule has 0 aromatic rings. The second-order valence-corrected chi connectivity index (χ2v) is 10.2. The Balaban J connectivity index is 1.44. The molecule has 0 bridgehead atoms. The SMILES string of the molecule is CN=C(NCC(C)(C)N1CCCC(C)C1)NC1CCN(C(=O)C2CCCCC2)C1. The highest BCUT2D eigenvalue weighted by molar-refractivity contribution is 5.81. The fourth-order valence-electron chi connectivity index (χ4n) is 5.23. The molecule has 1 aliphatic carbocycles. The Hall–Kier alpha value is -1.30. The van der Waals surface area contributed by atoms with Gasteiger partial charge < -0.3 is 15.5 Å². The first-order valence-corrected chi connectivity index (χ1v) is 11.9. The zero-order chi connectivity index (χ0) is 20.9. The molecular weight excluding hydrogens is 362 g/mol. The minimum Gasteiger partial charge on any atom is -0.355 e. The smallest absolute Gasteiger partial charge is 0.225 e. The van der Waals surface area contributed by atoms with Crippen LogP contribution in [-0.2, 0) is 4.79 Å². The summed E-state index contributed by atoms with van der Waals surface area (Å²) in [4.78, 5) is 21.9. The van der Waals surface area contributed by atoms with Crippen molar-refractivity contribution in [3.63, 3.8) is 0 Å². The van der Waals surface area contributed by atoms with Gasteiger partial charge in [-0.15, -0.1) is 0 Å². The molecule has 2 atom stereocenters. The third-order valence-electron chi connectivity index (χ3n) is 7.22. The average molecular weight is 406 g/mol. The third-order valence-corrected chi connectivity index (χ3v) is 7.22. The minimum absolute atomic E-state index is 0.102. The predicted molar refractivity (Wildman–Crippen MR) is 120 cm³/mol. The molecule has 2 unspecified atom stereocenters. The summed E-state index contributed by atoms with van der Waals surface area (Å²) in [5, 5.41) is 7.11. The van der Waals surface area contributed by atoms with Gasteiger partial charge in [0.05, 0.1) is 0 Å². The quantitative estimate of drug-likeness (QED) is 0.545. The van der Waals surface area contributed by atoms with E-state index in [0.717, 1.165) is 50.8 Å². The monoisotopic (exact) mass is 405 g/mol. The minimum atomic E-state index is 0.102. The number of carbonyl (C=O) groups is 1. The van der Waals surface area contributed by atoms with E-state index in [4.69, 9.17) is 0 Å². The molecule has 6 nitrogen and oxygen atoms in total. The van der Waals surface area contributed by atoms with E-state index >= 15 is 0 Å². The summed E-state index contributed by atoms with van der Waals surface area (Å²) >= 11 is 0. The number of nitrogens with zero attached hydrogens (tertiary/aromatic N) is 3. The zero-order valence-electron chi connectivity index (χ0n) is 19.2. The molecule has 2 heterocycles. The number of carbonyl (C=O) groups excluding carboxylic acids is 1. The van der Waals surface area contributed by atoms with E-state index in [1.54, 1.807) is 0 Å². The molecular formula is C23H43N5O. The maximum Gasteiger partial charge on any atom is 0.225 e. The number of likely N-dealkylation sites (tertiary alicyclic amines) is 2. The molecule has 166 valence electrons. The Labute approximate surface area is 177 Å². The van der Waals surface area contributed by atoms with Crippen LogP contribution in [0.15, 0.2) is 4.99 Å². The molecule has 29 heavy (non-hydrogen) atoms. The van der Waals surface area contributed by atoms with Gasteiger partial charge in [-0.05, 0) is 58.4 Å². The molecule has 0 aromatic carbocycles. The second-order valence-electron chi connectivity index (χ2n) is 10.2. The predicted octanol–water partition coefficient (Wildman–Crippen LogP) is 2.84. The molecule has 1 saturated carbocycles. The van der Waals surface area contributed by atoms with Gasteiger partial charge in [-0.25, -0.2) is 0 Å². The normalized spacial score (nSPS) is 27.9. The Kier molecular flexibility index (Phi) is 7.83. The number of aliphatic imine (C=N–C) groups is 1. The summed E-state index contributed by atoms with van der Waals surface area (Å²) in [6.07, 6.45) is 9.55. The number of hydrogen-bond donors (Lipinski definition) is 2. The number of guanidine groups is 1. The van der Waals surface area contributed by atoms with Gasteiger partial charge in [-0.3, -0.25) is 14.7 Å². The zero-order valence-corrected chi connectivity index (χ0v) is 19.2. The Bertz CT molecular complexity index is 570. The summed E-state index contributed by atoms with van der Waals surface area (Å²) in [6, 6.07) is 0.298. The number of nitrogens with one attached hydrogen (secondary N) is 2. The van der Waals surface area contributed by atoms with Crippen LogP contribution in [0.5, 0.6) is 0 Å². The van der Waals surface area contributed by atoms with Gasteiger partial charge in [0.15, 0.2) is 5.96 Å². The van der Waals surface area contributed by atoms with Crippen molar-refractivity contribution >= 4 is 11.9 Å². The first-order chi connectivity index (χ1) is 13.9. The van der Waals surface area contributed by atoms with Crippen molar-refractivity contribution in [1.29, 1.82) is 0 Å². The lowest BCUT2D eigenvalue weighted by molar-refractivity contribution is -0.135. The fourth-order valence-corrected chi connectivity index (χ4v) is 5.23. The molecule has 3 rings (SSSR count). The van der Waals surface area contributed by atoms with Crippen LogP contribution in [0.2, 0.25) is 0 Å². The van der Waals surface area contributed by atoms with Crippen molar-refractivity contribution in [2.75, 3.05) is 39.8 Å². The Morgan fingerprint density at radius 3 is 2.48 bits per heavy atom. The Morgan fingerprint density at radius 2 is 1.79 bits per heavy atom. The van der Waals surface area contributed by atoms with E-state index in [1.165, 1.54) is 45.2 Å².